The highest BCUT2D eigenvalue weighted by atomic mass is 19.1. The Morgan fingerprint density at radius 2 is 1.65 bits per heavy atom. The number of carbonyl (C=O) groups is 2. The molecular formula is C24H34FNO5. The minimum atomic E-state index is -0.703. The first-order valence-corrected chi connectivity index (χ1v) is 11.0. The number of ether oxygens (including phenoxy) is 3. The van der Waals surface area contributed by atoms with Crippen LogP contribution in [0.4, 0.5) is 9.18 Å². The standard InChI is InChI=1S/C24H34FNO5/c1-23(2,3)30-21(27)18-12-17(15-9-10-15)20(13-19(18)25)29-16-8-7-11-26(14-16)22(28)31-24(4,5)6/h12-13,15-16H,7-11,14H2,1-6H3/t16-/m1/s1. The van der Waals surface area contributed by atoms with E-state index < -0.39 is 23.0 Å². The first kappa shape index (κ1) is 23.4. The van der Waals surface area contributed by atoms with E-state index in [9.17, 15) is 14.0 Å². The van der Waals surface area contributed by atoms with Gasteiger partial charge in [-0.05, 0) is 84.8 Å². The first-order chi connectivity index (χ1) is 14.3. The Kier molecular flexibility index (Phi) is 6.53. The van der Waals surface area contributed by atoms with Gasteiger partial charge >= 0.3 is 12.1 Å². The summed E-state index contributed by atoms with van der Waals surface area (Å²) in [4.78, 5) is 26.5. The van der Waals surface area contributed by atoms with Gasteiger partial charge in [-0.2, -0.15) is 0 Å². The molecule has 1 aliphatic heterocycles. The van der Waals surface area contributed by atoms with Crippen molar-refractivity contribution in [2.24, 2.45) is 0 Å². The van der Waals surface area contributed by atoms with Crippen LogP contribution in [-0.4, -0.2) is 47.4 Å². The fourth-order valence-electron chi connectivity index (χ4n) is 3.58. The molecule has 31 heavy (non-hydrogen) atoms. The molecular weight excluding hydrogens is 401 g/mol. The lowest BCUT2D eigenvalue weighted by molar-refractivity contribution is 0.00541. The average molecular weight is 436 g/mol. The van der Waals surface area contributed by atoms with Gasteiger partial charge in [0.05, 0.1) is 12.1 Å². The number of esters is 1. The Balaban J connectivity index is 1.76. The Morgan fingerprint density at radius 1 is 1.00 bits per heavy atom. The van der Waals surface area contributed by atoms with Crippen LogP contribution in [0.15, 0.2) is 12.1 Å². The highest BCUT2D eigenvalue weighted by molar-refractivity contribution is 5.90. The Hall–Kier alpha value is -2.31. The van der Waals surface area contributed by atoms with Gasteiger partial charge in [-0.3, -0.25) is 0 Å². The number of halogens is 1. The lowest BCUT2D eigenvalue weighted by Gasteiger charge is -2.34. The largest absolute Gasteiger partial charge is 0.488 e. The van der Waals surface area contributed by atoms with Crippen molar-refractivity contribution in [3.63, 3.8) is 0 Å². The van der Waals surface area contributed by atoms with Crippen molar-refractivity contribution in [3.05, 3.63) is 29.1 Å². The number of rotatable bonds is 4. The predicted molar refractivity (Wildman–Crippen MR) is 115 cm³/mol. The summed E-state index contributed by atoms with van der Waals surface area (Å²) in [6.45, 7) is 11.7. The zero-order valence-corrected chi connectivity index (χ0v) is 19.4. The minimum Gasteiger partial charge on any atom is -0.488 e. The molecule has 0 radical (unpaired) electrons. The van der Waals surface area contributed by atoms with E-state index >= 15 is 0 Å². The smallest absolute Gasteiger partial charge is 0.410 e. The minimum absolute atomic E-state index is 0.0665. The summed E-state index contributed by atoms with van der Waals surface area (Å²) in [5.74, 6) is -0.633. The molecule has 1 atom stereocenters. The summed E-state index contributed by atoms with van der Waals surface area (Å²) in [6, 6.07) is 2.87. The average Bonchev–Trinajstić information content (AvgIpc) is 3.44. The maximum atomic E-state index is 14.8. The van der Waals surface area contributed by atoms with Crippen molar-refractivity contribution in [2.45, 2.75) is 90.4 Å². The van der Waals surface area contributed by atoms with Gasteiger partial charge in [0, 0.05) is 12.6 Å². The van der Waals surface area contributed by atoms with Gasteiger partial charge in [0.15, 0.2) is 0 Å². The van der Waals surface area contributed by atoms with Crippen LogP contribution in [0.5, 0.6) is 5.75 Å². The predicted octanol–water partition coefficient (Wildman–Crippen LogP) is 5.44. The Labute approximate surface area is 184 Å². The monoisotopic (exact) mass is 435 g/mol. The molecule has 1 aliphatic carbocycles. The van der Waals surface area contributed by atoms with Crippen LogP contribution in [0.25, 0.3) is 0 Å². The van der Waals surface area contributed by atoms with Crippen molar-refractivity contribution < 1.29 is 28.2 Å². The molecule has 0 aromatic heterocycles. The number of carbonyl (C=O) groups excluding carboxylic acids is 2. The summed E-state index contributed by atoms with van der Waals surface area (Å²) in [6.07, 6.45) is 2.87. The second-order valence-corrected chi connectivity index (χ2v) is 10.5. The number of nitrogens with zero attached hydrogens (tertiary/aromatic N) is 1. The van der Waals surface area contributed by atoms with Gasteiger partial charge in [-0.25, -0.2) is 14.0 Å². The number of hydrogen-bond acceptors (Lipinski definition) is 5. The lowest BCUT2D eigenvalue weighted by Crippen LogP contribution is -2.46. The van der Waals surface area contributed by atoms with Crippen molar-refractivity contribution in [2.75, 3.05) is 13.1 Å². The van der Waals surface area contributed by atoms with Crippen LogP contribution in [0.2, 0.25) is 0 Å². The molecule has 1 amide bonds. The fourth-order valence-corrected chi connectivity index (χ4v) is 3.58. The van der Waals surface area contributed by atoms with Crippen molar-refractivity contribution in [1.82, 2.24) is 4.90 Å². The molecule has 0 bridgehead atoms. The van der Waals surface area contributed by atoms with Crippen molar-refractivity contribution >= 4 is 12.1 Å². The van der Waals surface area contributed by atoms with Crippen LogP contribution >= 0.6 is 0 Å². The number of benzene rings is 1. The van der Waals surface area contributed by atoms with E-state index in [0.29, 0.717) is 18.8 Å². The summed E-state index contributed by atoms with van der Waals surface area (Å²) < 4.78 is 31.8. The lowest BCUT2D eigenvalue weighted by atomic mass is 10.0. The third-order valence-corrected chi connectivity index (χ3v) is 5.06. The summed E-state index contributed by atoms with van der Waals surface area (Å²) in [5.41, 5.74) is -0.504. The van der Waals surface area contributed by atoms with Gasteiger partial charge in [0.2, 0.25) is 0 Å². The number of hydrogen-bond donors (Lipinski definition) is 0. The highest BCUT2D eigenvalue weighted by Crippen LogP contribution is 2.45. The van der Waals surface area contributed by atoms with Crippen LogP contribution in [0.3, 0.4) is 0 Å². The molecule has 1 heterocycles. The van der Waals surface area contributed by atoms with Gasteiger partial charge in [0.25, 0.3) is 0 Å². The molecule has 0 N–H and O–H groups in total. The highest BCUT2D eigenvalue weighted by Gasteiger charge is 2.33. The maximum Gasteiger partial charge on any atom is 0.410 e. The van der Waals surface area contributed by atoms with Gasteiger partial charge < -0.3 is 19.1 Å². The molecule has 0 spiro atoms. The van der Waals surface area contributed by atoms with E-state index in [1.807, 2.05) is 20.8 Å². The third-order valence-electron chi connectivity index (χ3n) is 5.06. The molecule has 6 nitrogen and oxygen atoms in total. The third kappa shape index (κ3) is 6.58. The van der Waals surface area contributed by atoms with Gasteiger partial charge in [-0.1, -0.05) is 0 Å². The van der Waals surface area contributed by atoms with Crippen molar-refractivity contribution in [1.29, 1.82) is 0 Å². The molecule has 1 saturated heterocycles. The van der Waals surface area contributed by atoms with E-state index in [1.165, 1.54) is 6.07 Å². The molecule has 2 aliphatic rings. The Bertz CT molecular complexity index is 836. The topological polar surface area (TPSA) is 65.1 Å². The zero-order valence-electron chi connectivity index (χ0n) is 19.4. The quantitative estimate of drug-likeness (QED) is 0.590. The van der Waals surface area contributed by atoms with Gasteiger partial charge in [0.1, 0.15) is 28.9 Å². The molecule has 2 fully saturated rings. The van der Waals surface area contributed by atoms with Crippen LogP contribution in [-0.2, 0) is 9.47 Å². The number of amides is 1. The summed E-state index contributed by atoms with van der Waals surface area (Å²) in [5, 5.41) is 0. The summed E-state index contributed by atoms with van der Waals surface area (Å²) in [7, 11) is 0. The van der Waals surface area contributed by atoms with E-state index in [4.69, 9.17) is 14.2 Å². The van der Waals surface area contributed by atoms with E-state index in [-0.39, 0.29) is 23.7 Å². The van der Waals surface area contributed by atoms with E-state index in [0.717, 1.165) is 31.2 Å². The molecule has 7 heteroatoms. The van der Waals surface area contributed by atoms with Crippen LogP contribution < -0.4 is 4.74 Å². The SMILES string of the molecule is CC(C)(C)OC(=O)c1cc(C2CC2)c(O[C@@H]2CCCN(C(=O)OC(C)(C)C)C2)cc1F. The first-order valence-electron chi connectivity index (χ1n) is 11.0. The normalized spacial score (nSPS) is 19.7. The molecule has 1 aromatic carbocycles. The molecule has 3 rings (SSSR count). The maximum absolute atomic E-state index is 14.8. The van der Waals surface area contributed by atoms with Crippen LogP contribution in [0.1, 0.15) is 89.1 Å². The van der Waals surface area contributed by atoms with Crippen molar-refractivity contribution in [3.8, 4) is 5.75 Å². The second-order valence-electron chi connectivity index (χ2n) is 10.5. The second kappa shape index (κ2) is 8.67. The molecule has 1 aromatic rings. The van der Waals surface area contributed by atoms with E-state index in [1.54, 1.807) is 31.7 Å². The number of piperidine rings is 1. The van der Waals surface area contributed by atoms with E-state index in [2.05, 4.69) is 0 Å². The summed E-state index contributed by atoms with van der Waals surface area (Å²) >= 11 is 0. The van der Waals surface area contributed by atoms with Crippen LogP contribution in [0, 0.1) is 5.82 Å². The molecule has 1 saturated carbocycles. The molecule has 172 valence electrons. The fraction of sp³-hybridized carbons (Fsp3) is 0.667. The Morgan fingerprint density at radius 3 is 2.23 bits per heavy atom. The number of likely N-dealkylation sites (tertiary alicyclic amines) is 1. The van der Waals surface area contributed by atoms with Gasteiger partial charge in [-0.15, -0.1) is 0 Å². The zero-order chi connectivity index (χ0) is 23.0. The molecule has 0 unspecified atom stereocenters.